The van der Waals surface area contributed by atoms with E-state index in [9.17, 15) is 0 Å². The van der Waals surface area contributed by atoms with Gasteiger partial charge in [0.1, 0.15) is 0 Å². The lowest BCUT2D eigenvalue weighted by atomic mass is 9.80. The first kappa shape index (κ1) is 23.3. The van der Waals surface area contributed by atoms with Crippen molar-refractivity contribution in [3.05, 3.63) is 137 Å². The summed E-state index contributed by atoms with van der Waals surface area (Å²) in [4.78, 5) is 0. The molecule has 0 bridgehead atoms. The van der Waals surface area contributed by atoms with Gasteiger partial charge >= 0.3 is 0 Å². The average molecular weight is 589 g/mol. The fraction of sp³-hybridized carbons (Fsp3) is 0.0769. The van der Waals surface area contributed by atoms with Crippen LogP contribution in [0.1, 0.15) is 25.0 Å². The molecule has 0 atom stereocenters. The van der Waals surface area contributed by atoms with Crippen molar-refractivity contribution in [1.82, 2.24) is 4.57 Å². The summed E-state index contributed by atoms with van der Waals surface area (Å²) in [5, 5.41) is 10.5. The lowest BCUT2D eigenvalue weighted by molar-refractivity contribution is 0.665. The molecule has 0 spiro atoms. The third-order valence-electron chi connectivity index (χ3n) is 9.37. The fourth-order valence-corrected chi connectivity index (χ4v) is 8.01. The summed E-state index contributed by atoms with van der Waals surface area (Å²) in [7, 11) is 0. The predicted molar refractivity (Wildman–Crippen MR) is 179 cm³/mol. The van der Waals surface area contributed by atoms with Crippen LogP contribution in [0.2, 0.25) is 0 Å². The number of benzene rings is 7. The first-order chi connectivity index (χ1) is 20.0. The number of fused-ring (bicyclic) bond motifs is 13. The third kappa shape index (κ3) is 3.01. The second kappa shape index (κ2) is 8.09. The molecule has 0 saturated carbocycles. The molecule has 194 valence electrons. The van der Waals surface area contributed by atoms with E-state index in [1.807, 2.05) is 0 Å². The second-order valence-corrected chi connectivity index (χ2v) is 12.8. The Morgan fingerprint density at radius 2 is 1.12 bits per heavy atom. The van der Waals surface area contributed by atoms with Crippen LogP contribution in [0.15, 0.2) is 126 Å². The Balaban J connectivity index is 1.46. The molecular formula is C39H26BrN. The highest BCUT2D eigenvalue weighted by atomic mass is 79.9. The van der Waals surface area contributed by atoms with Gasteiger partial charge in [0.05, 0.1) is 11.0 Å². The fourth-order valence-electron chi connectivity index (χ4n) is 7.62. The van der Waals surface area contributed by atoms with E-state index in [-0.39, 0.29) is 5.41 Å². The van der Waals surface area contributed by atoms with Crippen molar-refractivity contribution in [3.8, 4) is 16.8 Å². The van der Waals surface area contributed by atoms with Crippen molar-refractivity contribution in [2.24, 2.45) is 0 Å². The van der Waals surface area contributed by atoms with E-state index in [0.717, 1.165) is 4.47 Å². The van der Waals surface area contributed by atoms with Gasteiger partial charge in [-0.25, -0.2) is 0 Å². The highest BCUT2D eigenvalue weighted by Crippen LogP contribution is 2.54. The summed E-state index contributed by atoms with van der Waals surface area (Å²) in [6, 6.07) is 45.0. The van der Waals surface area contributed by atoms with E-state index in [0.29, 0.717) is 0 Å². The Bertz CT molecular complexity index is 2410. The van der Waals surface area contributed by atoms with Crippen LogP contribution in [0.5, 0.6) is 0 Å². The van der Waals surface area contributed by atoms with Crippen molar-refractivity contribution in [2.45, 2.75) is 19.3 Å². The maximum absolute atomic E-state index is 3.73. The largest absolute Gasteiger partial charge is 0.309 e. The Kier molecular flexibility index (Phi) is 4.60. The minimum absolute atomic E-state index is 0.177. The number of nitrogens with zero attached hydrogens (tertiary/aromatic N) is 1. The summed E-state index contributed by atoms with van der Waals surface area (Å²) < 4.78 is 3.56. The standard InChI is InChI=1S/C39H26BrN/c1-39(2)35-22-33-28-15-6-4-13-26(28)25-12-3-5-14-27(25)32(33)21-34(35)30-18-19-31-29-16-7-8-17-36(29)41(38(31)37(30)39)24-11-9-10-23(40)20-24/h3-22H,1-2H3. The molecule has 1 aliphatic rings. The van der Waals surface area contributed by atoms with Gasteiger partial charge < -0.3 is 4.57 Å². The molecular weight excluding hydrogens is 562 g/mol. The molecule has 0 saturated heterocycles. The molecule has 1 aromatic heterocycles. The highest BCUT2D eigenvalue weighted by molar-refractivity contribution is 9.10. The second-order valence-electron chi connectivity index (χ2n) is 11.9. The van der Waals surface area contributed by atoms with Gasteiger partial charge in [-0.15, -0.1) is 0 Å². The highest BCUT2D eigenvalue weighted by Gasteiger charge is 2.39. The van der Waals surface area contributed by atoms with Crippen LogP contribution in [0.25, 0.3) is 70.9 Å². The number of aromatic nitrogens is 1. The lowest BCUT2D eigenvalue weighted by Crippen LogP contribution is -2.16. The molecule has 1 aliphatic carbocycles. The normalized spacial score (nSPS) is 13.9. The van der Waals surface area contributed by atoms with Gasteiger partial charge in [0, 0.05) is 26.3 Å². The number of rotatable bonds is 1. The first-order valence-corrected chi connectivity index (χ1v) is 15.0. The Hall–Kier alpha value is -4.40. The van der Waals surface area contributed by atoms with E-state index < -0.39 is 0 Å². The van der Waals surface area contributed by atoms with Crippen LogP contribution in [0.3, 0.4) is 0 Å². The van der Waals surface area contributed by atoms with Gasteiger partial charge in [-0.2, -0.15) is 0 Å². The van der Waals surface area contributed by atoms with E-state index >= 15 is 0 Å². The summed E-state index contributed by atoms with van der Waals surface area (Å²) in [5.74, 6) is 0. The zero-order valence-corrected chi connectivity index (χ0v) is 24.5. The van der Waals surface area contributed by atoms with Gasteiger partial charge in [0.2, 0.25) is 0 Å². The molecule has 2 heteroatoms. The van der Waals surface area contributed by atoms with Gasteiger partial charge in [0.25, 0.3) is 0 Å². The number of halogens is 1. The van der Waals surface area contributed by atoms with Crippen LogP contribution < -0.4 is 0 Å². The van der Waals surface area contributed by atoms with Crippen LogP contribution >= 0.6 is 15.9 Å². The van der Waals surface area contributed by atoms with E-state index in [1.165, 1.54) is 82.1 Å². The number of hydrogen-bond donors (Lipinski definition) is 0. The van der Waals surface area contributed by atoms with Crippen molar-refractivity contribution in [3.63, 3.8) is 0 Å². The van der Waals surface area contributed by atoms with Gasteiger partial charge in [-0.1, -0.05) is 115 Å². The van der Waals surface area contributed by atoms with Crippen molar-refractivity contribution in [2.75, 3.05) is 0 Å². The maximum Gasteiger partial charge on any atom is 0.0588 e. The SMILES string of the molecule is CC1(C)c2cc3c4ccccc4c4ccccc4c3cc2-c2ccc3c4ccccc4n(-c4cccc(Br)c4)c3c21. The molecule has 1 nitrogen and oxygen atoms in total. The molecule has 0 fully saturated rings. The Morgan fingerprint density at radius 3 is 1.80 bits per heavy atom. The summed E-state index contributed by atoms with van der Waals surface area (Å²) in [6.45, 7) is 4.82. The minimum Gasteiger partial charge on any atom is -0.309 e. The lowest BCUT2D eigenvalue weighted by Gasteiger charge is -2.24. The molecule has 9 rings (SSSR count). The molecule has 0 unspecified atom stereocenters. The molecule has 41 heavy (non-hydrogen) atoms. The first-order valence-electron chi connectivity index (χ1n) is 14.2. The van der Waals surface area contributed by atoms with Crippen molar-refractivity contribution >= 4 is 70.1 Å². The van der Waals surface area contributed by atoms with Crippen molar-refractivity contribution in [1.29, 1.82) is 0 Å². The quantitative estimate of drug-likeness (QED) is 0.168. The third-order valence-corrected chi connectivity index (χ3v) is 9.87. The molecule has 7 aromatic carbocycles. The Morgan fingerprint density at radius 1 is 0.512 bits per heavy atom. The molecule has 8 aromatic rings. The zero-order chi connectivity index (χ0) is 27.5. The molecule has 0 aliphatic heterocycles. The van der Waals surface area contributed by atoms with E-state index in [1.54, 1.807) is 0 Å². The summed E-state index contributed by atoms with van der Waals surface area (Å²) >= 11 is 3.73. The zero-order valence-electron chi connectivity index (χ0n) is 22.9. The molecule has 0 amide bonds. The molecule has 0 radical (unpaired) electrons. The monoisotopic (exact) mass is 587 g/mol. The minimum atomic E-state index is -0.177. The van der Waals surface area contributed by atoms with Crippen LogP contribution in [0, 0.1) is 0 Å². The van der Waals surface area contributed by atoms with Crippen LogP contribution in [0.4, 0.5) is 0 Å². The maximum atomic E-state index is 3.73. The topological polar surface area (TPSA) is 4.93 Å². The van der Waals surface area contributed by atoms with E-state index in [4.69, 9.17) is 0 Å². The smallest absolute Gasteiger partial charge is 0.0588 e. The number of hydrogen-bond acceptors (Lipinski definition) is 0. The van der Waals surface area contributed by atoms with Gasteiger partial charge in [0.15, 0.2) is 0 Å². The predicted octanol–water partition coefficient (Wildman–Crippen LogP) is 11.3. The summed E-state index contributed by atoms with van der Waals surface area (Å²) in [5.41, 5.74) is 9.05. The van der Waals surface area contributed by atoms with Gasteiger partial charge in [-0.05, 0) is 91.0 Å². The van der Waals surface area contributed by atoms with E-state index in [2.05, 4.69) is 156 Å². The summed E-state index contributed by atoms with van der Waals surface area (Å²) in [6.07, 6.45) is 0. The average Bonchev–Trinajstić information content (AvgIpc) is 3.45. The van der Waals surface area contributed by atoms with Gasteiger partial charge in [-0.3, -0.25) is 0 Å². The van der Waals surface area contributed by atoms with Crippen LogP contribution in [-0.2, 0) is 5.41 Å². The van der Waals surface area contributed by atoms with Crippen molar-refractivity contribution < 1.29 is 0 Å². The van der Waals surface area contributed by atoms with Crippen LogP contribution in [-0.4, -0.2) is 4.57 Å². The Labute approximate surface area is 246 Å². The molecule has 1 heterocycles. The number of para-hydroxylation sites is 1. The molecule has 0 N–H and O–H groups in total.